The third-order valence-corrected chi connectivity index (χ3v) is 3.52. The van der Waals surface area contributed by atoms with E-state index in [1.54, 1.807) is 7.11 Å². The molecule has 1 unspecified atom stereocenters. The molecule has 0 saturated heterocycles. The Bertz CT molecular complexity index is 596. The van der Waals surface area contributed by atoms with Crippen molar-refractivity contribution in [3.8, 4) is 17.2 Å². The van der Waals surface area contributed by atoms with Crippen molar-refractivity contribution in [1.82, 2.24) is 4.90 Å². The van der Waals surface area contributed by atoms with Crippen molar-refractivity contribution in [1.29, 1.82) is 0 Å². The van der Waals surface area contributed by atoms with E-state index in [0.29, 0.717) is 12.4 Å². The monoisotopic (exact) mass is 331 g/mol. The van der Waals surface area contributed by atoms with Crippen LogP contribution in [0, 0.1) is 0 Å². The van der Waals surface area contributed by atoms with Gasteiger partial charge in [-0.05, 0) is 56.1 Å². The van der Waals surface area contributed by atoms with Crippen molar-refractivity contribution >= 4 is 0 Å². The fraction of sp³-hybridized carbons (Fsp3) is 0.368. The van der Waals surface area contributed by atoms with Crippen LogP contribution in [0.2, 0.25) is 0 Å². The van der Waals surface area contributed by atoms with Gasteiger partial charge in [0.25, 0.3) is 0 Å². The molecule has 0 aromatic heterocycles. The molecule has 0 heterocycles. The van der Waals surface area contributed by atoms with E-state index >= 15 is 0 Å². The van der Waals surface area contributed by atoms with Crippen LogP contribution >= 0.6 is 0 Å². The smallest absolute Gasteiger partial charge is 0.127 e. The zero-order valence-corrected chi connectivity index (χ0v) is 14.4. The lowest BCUT2D eigenvalue weighted by Gasteiger charge is -2.14. The first-order valence-electron chi connectivity index (χ1n) is 7.91. The predicted octanol–water partition coefficient (Wildman–Crippen LogP) is 3.10. The second kappa shape index (κ2) is 9.27. The highest BCUT2D eigenvalue weighted by Crippen LogP contribution is 2.25. The zero-order chi connectivity index (χ0) is 17.4. The Morgan fingerprint density at radius 3 is 2.00 bits per heavy atom. The Labute approximate surface area is 143 Å². The van der Waals surface area contributed by atoms with Gasteiger partial charge < -0.3 is 24.2 Å². The molecule has 1 atom stereocenters. The zero-order valence-electron chi connectivity index (χ0n) is 14.4. The maximum atomic E-state index is 10.1. The standard InChI is InChI=1S/C19H25NO4/c1-20(2)12-13-23-14-19(21)15-4-6-17(7-5-15)24-18-10-8-16(22-3)9-11-18/h4-11,19,21H,12-14H2,1-3H3. The number of aliphatic hydroxyl groups excluding tert-OH is 1. The van der Waals surface area contributed by atoms with E-state index in [0.717, 1.165) is 23.6 Å². The molecule has 5 heteroatoms. The Hall–Kier alpha value is -2.08. The van der Waals surface area contributed by atoms with Gasteiger partial charge in [0.1, 0.15) is 23.4 Å². The van der Waals surface area contributed by atoms with Crippen molar-refractivity contribution in [3.05, 3.63) is 54.1 Å². The molecule has 0 radical (unpaired) electrons. The summed E-state index contributed by atoms with van der Waals surface area (Å²) in [7, 11) is 5.60. The summed E-state index contributed by atoms with van der Waals surface area (Å²) in [5.74, 6) is 2.23. The van der Waals surface area contributed by atoms with Crippen molar-refractivity contribution in [3.63, 3.8) is 0 Å². The van der Waals surface area contributed by atoms with Gasteiger partial charge >= 0.3 is 0 Å². The van der Waals surface area contributed by atoms with E-state index in [1.165, 1.54) is 0 Å². The van der Waals surface area contributed by atoms with Crippen molar-refractivity contribution in [2.75, 3.05) is 41.0 Å². The quantitative estimate of drug-likeness (QED) is 0.716. The molecule has 0 amide bonds. The molecule has 0 aliphatic rings. The van der Waals surface area contributed by atoms with Crippen molar-refractivity contribution in [2.45, 2.75) is 6.10 Å². The number of aliphatic hydroxyl groups is 1. The van der Waals surface area contributed by atoms with Gasteiger partial charge in [0, 0.05) is 6.54 Å². The molecule has 24 heavy (non-hydrogen) atoms. The minimum absolute atomic E-state index is 0.284. The average Bonchev–Trinajstić information content (AvgIpc) is 2.59. The lowest BCUT2D eigenvalue weighted by molar-refractivity contribution is 0.0306. The lowest BCUT2D eigenvalue weighted by Crippen LogP contribution is -2.19. The summed E-state index contributed by atoms with van der Waals surface area (Å²) in [6, 6.07) is 14.8. The van der Waals surface area contributed by atoms with E-state index in [4.69, 9.17) is 14.2 Å². The molecular weight excluding hydrogens is 306 g/mol. The van der Waals surface area contributed by atoms with Gasteiger partial charge in [0.05, 0.1) is 20.3 Å². The normalized spacial score (nSPS) is 12.2. The van der Waals surface area contributed by atoms with E-state index in [9.17, 15) is 5.11 Å². The largest absolute Gasteiger partial charge is 0.497 e. The number of rotatable bonds is 9. The average molecular weight is 331 g/mol. The van der Waals surface area contributed by atoms with Crippen molar-refractivity contribution < 1.29 is 19.3 Å². The first-order valence-corrected chi connectivity index (χ1v) is 7.91. The number of hydrogen-bond acceptors (Lipinski definition) is 5. The topological polar surface area (TPSA) is 51.2 Å². The van der Waals surface area contributed by atoms with Gasteiger partial charge in [-0.3, -0.25) is 0 Å². The highest BCUT2D eigenvalue weighted by Gasteiger charge is 2.08. The van der Waals surface area contributed by atoms with Crippen LogP contribution in [0.3, 0.4) is 0 Å². The first kappa shape index (κ1) is 18.3. The molecule has 0 saturated carbocycles. The summed E-state index contributed by atoms with van der Waals surface area (Å²) in [5.41, 5.74) is 0.807. The van der Waals surface area contributed by atoms with Gasteiger partial charge in [-0.1, -0.05) is 12.1 Å². The van der Waals surface area contributed by atoms with Crippen molar-refractivity contribution in [2.24, 2.45) is 0 Å². The van der Waals surface area contributed by atoms with Crippen LogP contribution in [0.4, 0.5) is 0 Å². The van der Waals surface area contributed by atoms with Crippen LogP contribution in [-0.4, -0.2) is 51.0 Å². The molecule has 2 rings (SSSR count). The van der Waals surface area contributed by atoms with E-state index in [1.807, 2.05) is 67.5 Å². The van der Waals surface area contributed by atoms with Gasteiger partial charge in [-0.2, -0.15) is 0 Å². The number of benzene rings is 2. The molecule has 0 spiro atoms. The number of nitrogens with zero attached hydrogens (tertiary/aromatic N) is 1. The molecule has 0 aliphatic heterocycles. The number of hydrogen-bond donors (Lipinski definition) is 1. The van der Waals surface area contributed by atoms with Crippen LogP contribution in [0.15, 0.2) is 48.5 Å². The second-order valence-corrected chi connectivity index (χ2v) is 5.74. The Balaban J connectivity index is 1.85. The summed E-state index contributed by atoms with van der Waals surface area (Å²) < 4.78 is 16.4. The van der Waals surface area contributed by atoms with Crippen LogP contribution in [0.25, 0.3) is 0 Å². The van der Waals surface area contributed by atoms with Crippen LogP contribution in [-0.2, 0) is 4.74 Å². The number of likely N-dealkylation sites (N-methyl/N-ethyl adjacent to an activating group) is 1. The van der Waals surface area contributed by atoms with E-state index < -0.39 is 6.10 Å². The van der Waals surface area contributed by atoms with Crippen LogP contribution in [0.5, 0.6) is 17.2 Å². The summed E-state index contributed by atoms with van der Waals surface area (Å²) in [4.78, 5) is 2.04. The first-order chi connectivity index (χ1) is 11.6. The fourth-order valence-electron chi connectivity index (χ4n) is 2.08. The van der Waals surface area contributed by atoms with Gasteiger partial charge in [-0.15, -0.1) is 0 Å². The summed E-state index contributed by atoms with van der Waals surface area (Å²) >= 11 is 0. The van der Waals surface area contributed by atoms with E-state index in [-0.39, 0.29) is 6.61 Å². The third-order valence-electron chi connectivity index (χ3n) is 3.52. The second-order valence-electron chi connectivity index (χ2n) is 5.74. The Kier molecular flexibility index (Phi) is 7.06. The summed E-state index contributed by atoms with van der Waals surface area (Å²) in [6.07, 6.45) is -0.637. The SMILES string of the molecule is COc1ccc(Oc2ccc(C(O)COCCN(C)C)cc2)cc1. The molecule has 0 fully saturated rings. The maximum absolute atomic E-state index is 10.1. The summed E-state index contributed by atoms with van der Waals surface area (Å²) in [5, 5.41) is 10.1. The molecule has 0 bridgehead atoms. The number of methoxy groups -OCH3 is 1. The molecular formula is C19H25NO4. The highest BCUT2D eigenvalue weighted by atomic mass is 16.5. The number of ether oxygens (including phenoxy) is 3. The predicted molar refractivity (Wildman–Crippen MR) is 93.8 cm³/mol. The summed E-state index contributed by atoms with van der Waals surface area (Å²) in [6.45, 7) is 1.72. The van der Waals surface area contributed by atoms with Gasteiger partial charge in [0.15, 0.2) is 0 Å². The maximum Gasteiger partial charge on any atom is 0.127 e. The van der Waals surface area contributed by atoms with Crippen LogP contribution in [0.1, 0.15) is 11.7 Å². The van der Waals surface area contributed by atoms with Gasteiger partial charge in [0.2, 0.25) is 0 Å². The molecule has 5 nitrogen and oxygen atoms in total. The van der Waals surface area contributed by atoms with Gasteiger partial charge in [-0.25, -0.2) is 0 Å². The Morgan fingerprint density at radius 1 is 0.917 bits per heavy atom. The molecule has 2 aromatic rings. The van der Waals surface area contributed by atoms with E-state index in [2.05, 4.69) is 0 Å². The Morgan fingerprint density at radius 2 is 1.46 bits per heavy atom. The minimum atomic E-state index is -0.637. The molecule has 130 valence electrons. The highest BCUT2D eigenvalue weighted by molar-refractivity contribution is 5.36. The molecule has 1 N–H and O–H groups in total. The third kappa shape index (κ3) is 5.85. The van der Waals surface area contributed by atoms with Crippen LogP contribution < -0.4 is 9.47 Å². The minimum Gasteiger partial charge on any atom is -0.497 e. The lowest BCUT2D eigenvalue weighted by atomic mass is 10.1. The molecule has 2 aromatic carbocycles. The fourth-order valence-corrected chi connectivity index (χ4v) is 2.08. The molecule has 0 aliphatic carbocycles.